The van der Waals surface area contributed by atoms with E-state index in [1.54, 1.807) is 6.92 Å². The molecule has 0 amide bonds. The maximum absolute atomic E-state index is 12.0. The Morgan fingerprint density at radius 1 is 1.04 bits per heavy atom. The minimum atomic E-state index is -0.376. The van der Waals surface area contributed by atoms with Crippen molar-refractivity contribution >= 4 is 23.1 Å². The van der Waals surface area contributed by atoms with Crippen LogP contribution in [-0.2, 0) is 9.53 Å². The monoisotopic (exact) mass is 344 g/mol. The van der Waals surface area contributed by atoms with Crippen LogP contribution in [0.1, 0.15) is 30.5 Å². The van der Waals surface area contributed by atoms with Crippen LogP contribution in [-0.4, -0.2) is 19.2 Å². The highest BCUT2D eigenvalue weighted by Crippen LogP contribution is 2.28. The van der Waals surface area contributed by atoms with E-state index in [9.17, 15) is 4.79 Å². The van der Waals surface area contributed by atoms with Gasteiger partial charge in [-0.2, -0.15) is 0 Å². The van der Waals surface area contributed by atoms with Gasteiger partial charge in [0.15, 0.2) is 0 Å². The molecule has 0 aliphatic heterocycles. The molecule has 0 radical (unpaired) electrons. The number of esters is 1. The van der Waals surface area contributed by atoms with Crippen molar-refractivity contribution in [2.24, 2.45) is 0 Å². The summed E-state index contributed by atoms with van der Waals surface area (Å²) in [6, 6.07) is 13.3. The Hall–Kier alpha value is -2.26. The molecule has 2 aromatic carbocycles. The van der Waals surface area contributed by atoms with Gasteiger partial charge in [0, 0.05) is 11.1 Å². The maximum atomic E-state index is 12.0. The van der Waals surface area contributed by atoms with E-state index in [0.29, 0.717) is 18.2 Å². The number of carbonyl (C=O) groups is 1. The zero-order valence-electron chi connectivity index (χ0n) is 14.1. The van der Waals surface area contributed by atoms with Gasteiger partial charge < -0.3 is 9.47 Å². The van der Waals surface area contributed by atoms with Crippen molar-refractivity contribution in [1.82, 2.24) is 0 Å². The van der Waals surface area contributed by atoms with Crippen molar-refractivity contribution in [1.29, 1.82) is 0 Å². The fourth-order valence-corrected chi connectivity index (χ4v) is 2.71. The molecule has 0 unspecified atom stereocenters. The molecule has 2 rings (SSSR count). The minimum absolute atomic E-state index is 0.334. The molecule has 0 aliphatic rings. The molecule has 0 saturated heterocycles. The third-order valence-corrected chi connectivity index (χ3v) is 3.60. The van der Waals surface area contributed by atoms with E-state index in [1.165, 1.54) is 6.08 Å². The zero-order valence-corrected chi connectivity index (χ0v) is 14.9. The SMILES string of the molecule is CCOC(=O)/C=C(/c1ccc(OCC)cc1)c1cc(C)cc(Cl)c1. The van der Waals surface area contributed by atoms with Gasteiger partial charge in [-0.1, -0.05) is 29.8 Å². The summed E-state index contributed by atoms with van der Waals surface area (Å²) >= 11 is 6.18. The van der Waals surface area contributed by atoms with Crippen LogP contribution in [0.15, 0.2) is 48.5 Å². The van der Waals surface area contributed by atoms with E-state index in [1.807, 2.05) is 56.3 Å². The molecule has 0 atom stereocenters. The van der Waals surface area contributed by atoms with E-state index in [2.05, 4.69) is 0 Å². The van der Waals surface area contributed by atoms with Gasteiger partial charge in [0.2, 0.25) is 0 Å². The minimum Gasteiger partial charge on any atom is -0.494 e. The summed E-state index contributed by atoms with van der Waals surface area (Å²) in [5.41, 5.74) is 3.56. The quantitative estimate of drug-likeness (QED) is 0.544. The average Bonchev–Trinajstić information content (AvgIpc) is 2.53. The fraction of sp³-hybridized carbons (Fsp3) is 0.250. The van der Waals surface area contributed by atoms with E-state index >= 15 is 0 Å². The third kappa shape index (κ3) is 4.87. The van der Waals surface area contributed by atoms with E-state index < -0.39 is 0 Å². The maximum Gasteiger partial charge on any atom is 0.331 e. The van der Waals surface area contributed by atoms with Gasteiger partial charge in [-0.3, -0.25) is 0 Å². The summed E-state index contributed by atoms with van der Waals surface area (Å²) < 4.78 is 10.5. The number of halogens is 1. The van der Waals surface area contributed by atoms with Gasteiger partial charge in [0.25, 0.3) is 0 Å². The van der Waals surface area contributed by atoms with Gasteiger partial charge >= 0.3 is 5.97 Å². The second kappa shape index (κ2) is 8.55. The van der Waals surface area contributed by atoms with Crippen LogP contribution in [0.2, 0.25) is 5.02 Å². The number of ether oxygens (including phenoxy) is 2. The highest BCUT2D eigenvalue weighted by molar-refractivity contribution is 6.30. The Balaban J connectivity index is 2.48. The van der Waals surface area contributed by atoms with Crippen molar-refractivity contribution in [2.45, 2.75) is 20.8 Å². The standard InChI is InChI=1S/C20H21ClO3/c1-4-23-18-8-6-15(7-9-18)19(13-20(22)24-5-2)16-10-14(3)11-17(21)12-16/h6-13H,4-5H2,1-3H3/b19-13-. The summed E-state index contributed by atoms with van der Waals surface area (Å²) in [5, 5.41) is 0.630. The lowest BCUT2D eigenvalue weighted by atomic mass is 9.96. The molecule has 4 heteroatoms. The van der Waals surface area contributed by atoms with E-state index in [4.69, 9.17) is 21.1 Å². The summed E-state index contributed by atoms with van der Waals surface area (Å²) in [6.45, 7) is 6.63. The number of rotatable bonds is 6. The molecule has 3 nitrogen and oxygen atoms in total. The Kier molecular flexibility index (Phi) is 6.44. The predicted octanol–water partition coefficient (Wildman–Crippen LogP) is 5.04. The zero-order chi connectivity index (χ0) is 17.5. The molecule has 126 valence electrons. The van der Waals surface area contributed by atoms with Crippen molar-refractivity contribution in [2.75, 3.05) is 13.2 Å². The van der Waals surface area contributed by atoms with Crippen LogP contribution in [0.25, 0.3) is 5.57 Å². The Labute approximate surface area is 147 Å². The first-order valence-electron chi connectivity index (χ1n) is 7.92. The molecule has 0 aliphatic carbocycles. The highest BCUT2D eigenvalue weighted by atomic mass is 35.5. The van der Waals surface area contributed by atoms with Gasteiger partial charge in [0.1, 0.15) is 5.75 Å². The van der Waals surface area contributed by atoms with Crippen LogP contribution in [0, 0.1) is 6.92 Å². The van der Waals surface area contributed by atoms with E-state index in [0.717, 1.165) is 28.0 Å². The van der Waals surface area contributed by atoms with Crippen LogP contribution in [0.4, 0.5) is 0 Å². The Bertz CT molecular complexity index is 713. The predicted molar refractivity (Wildman–Crippen MR) is 97.5 cm³/mol. The van der Waals surface area contributed by atoms with Crippen molar-refractivity contribution in [3.63, 3.8) is 0 Å². The first kappa shape index (κ1) is 18.1. The molecule has 0 spiro atoms. The largest absolute Gasteiger partial charge is 0.494 e. The van der Waals surface area contributed by atoms with Crippen LogP contribution < -0.4 is 4.74 Å². The topological polar surface area (TPSA) is 35.5 Å². The van der Waals surface area contributed by atoms with Gasteiger partial charge in [-0.15, -0.1) is 0 Å². The first-order chi connectivity index (χ1) is 11.5. The molecule has 0 saturated carbocycles. The lowest BCUT2D eigenvalue weighted by Crippen LogP contribution is -2.02. The molecule has 0 heterocycles. The molecule has 0 fully saturated rings. The third-order valence-electron chi connectivity index (χ3n) is 3.38. The van der Waals surface area contributed by atoms with Crippen LogP contribution >= 0.6 is 11.6 Å². The van der Waals surface area contributed by atoms with Crippen molar-refractivity contribution < 1.29 is 14.3 Å². The first-order valence-corrected chi connectivity index (χ1v) is 8.30. The number of hydrogen-bond acceptors (Lipinski definition) is 3. The number of carbonyl (C=O) groups excluding carboxylic acids is 1. The Morgan fingerprint density at radius 2 is 1.75 bits per heavy atom. The molecule has 24 heavy (non-hydrogen) atoms. The lowest BCUT2D eigenvalue weighted by Gasteiger charge is -2.11. The highest BCUT2D eigenvalue weighted by Gasteiger charge is 2.10. The summed E-state index contributed by atoms with van der Waals surface area (Å²) in [4.78, 5) is 12.0. The van der Waals surface area contributed by atoms with E-state index in [-0.39, 0.29) is 5.97 Å². The summed E-state index contributed by atoms with van der Waals surface area (Å²) in [5.74, 6) is 0.415. The summed E-state index contributed by atoms with van der Waals surface area (Å²) in [6.07, 6.45) is 1.50. The summed E-state index contributed by atoms with van der Waals surface area (Å²) in [7, 11) is 0. The average molecular weight is 345 g/mol. The smallest absolute Gasteiger partial charge is 0.331 e. The molecule has 0 aromatic heterocycles. The molecular weight excluding hydrogens is 324 g/mol. The second-order valence-electron chi connectivity index (χ2n) is 5.28. The molecular formula is C20H21ClO3. The molecule has 0 N–H and O–H groups in total. The van der Waals surface area contributed by atoms with Gasteiger partial charge in [0.05, 0.1) is 13.2 Å². The van der Waals surface area contributed by atoms with Crippen molar-refractivity contribution in [3.05, 3.63) is 70.3 Å². The van der Waals surface area contributed by atoms with Crippen molar-refractivity contribution in [3.8, 4) is 5.75 Å². The lowest BCUT2D eigenvalue weighted by molar-refractivity contribution is -0.137. The normalized spacial score (nSPS) is 11.2. The van der Waals surface area contributed by atoms with Crippen LogP contribution in [0.5, 0.6) is 5.75 Å². The molecule has 0 bridgehead atoms. The molecule has 2 aromatic rings. The fourth-order valence-electron chi connectivity index (χ4n) is 2.42. The van der Waals surface area contributed by atoms with Crippen LogP contribution in [0.3, 0.4) is 0 Å². The Morgan fingerprint density at radius 3 is 2.33 bits per heavy atom. The van der Waals surface area contributed by atoms with Gasteiger partial charge in [-0.25, -0.2) is 4.79 Å². The van der Waals surface area contributed by atoms with Gasteiger partial charge in [-0.05, 0) is 67.3 Å². The number of aryl methyl sites for hydroxylation is 1. The number of benzene rings is 2. The number of hydrogen-bond donors (Lipinski definition) is 0. The second-order valence-corrected chi connectivity index (χ2v) is 5.72.